The number of carbonyl (C=O) groups is 1. The molecule has 0 heterocycles. The molecule has 2 N–H and O–H groups in total. The maximum atomic E-state index is 11.9. The Morgan fingerprint density at radius 3 is 2.67 bits per heavy atom. The lowest BCUT2D eigenvalue weighted by Gasteiger charge is -2.07. The first kappa shape index (κ1) is 15.1. The third-order valence-corrected chi connectivity index (χ3v) is 3.17. The van der Waals surface area contributed by atoms with Crippen molar-refractivity contribution in [3.8, 4) is 5.75 Å². The lowest BCUT2D eigenvalue weighted by Crippen LogP contribution is -2.12. The number of carbonyl (C=O) groups excluding carboxylic acids is 1. The molecule has 0 aromatic heterocycles. The number of aliphatic hydroxyl groups is 1. The molecule has 0 atom stereocenters. The molecular formula is C17H19NO3. The molecule has 0 aliphatic carbocycles. The average Bonchev–Trinajstić information content (AvgIpc) is 2.53. The van der Waals surface area contributed by atoms with Crippen LogP contribution in [-0.4, -0.2) is 18.1 Å². The standard InChI is InChI=1S/C17H19NO3/c1-21-16-7-3-4-13(11-16)8-9-17(20)18-15-6-2-5-14(10-15)12-19/h2-7,10-11,19H,8-9,12H2,1H3,(H,18,20). The summed E-state index contributed by atoms with van der Waals surface area (Å²) < 4.78 is 5.16. The van der Waals surface area contributed by atoms with Crippen LogP contribution in [0.4, 0.5) is 5.69 Å². The molecule has 1 amide bonds. The Kier molecular flexibility index (Phi) is 5.35. The summed E-state index contributed by atoms with van der Waals surface area (Å²) in [5, 5.41) is 11.9. The van der Waals surface area contributed by atoms with Crippen molar-refractivity contribution < 1.29 is 14.6 Å². The number of anilines is 1. The van der Waals surface area contributed by atoms with E-state index in [9.17, 15) is 4.79 Å². The van der Waals surface area contributed by atoms with Crippen LogP contribution >= 0.6 is 0 Å². The topological polar surface area (TPSA) is 58.6 Å². The number of aryl methyl sites for hydroxylation is 1. The Hall–Kier alpha value is -2.33. The van der Waals surface area contributed by atoms with Crippen LogP contribution in [0.5, 0.6) is 5.75 Å². The molecule has 0 saturated heterocycles. The van der Waals surface area contributed by atoms with Gasteiger partial charge in [-0.3, -0.25) is 4.79 Å². The van der Waals surface area contributed by atoms with Gasteiger partial charge in [0.25, 0.3) is 0 Å². The summed E-state index contributed by atoms with van der Waals surface area (Å²) >= 11 is 0. The van der Waals surface area contributed by atoms with Gasteiger partial charge in [0.1, 0.15) is 5.75 Å². The second-order valence-electron chi connectivity index (χ2n) is 4.76. The van der Waals surface area contributed by atoms with E-state index < -0.39 is 0 Å². The molecule has 0 aliphatic rings. The SMILES string of the molecule is COc1cccc(CCC(=O)Nc2cccc(CO)c2)c1. The molecular weight excluding hydrogens is 266 g/mol. The first-order chi connectivity index (χ1) is 10.2. The summed E-state index contributed by atoms with van der Waals surface area (Å²) in [6.45, 7) is -0.0342. The third-order valence-electron chi connectivity index (χ3n) is 3.17. The van der Waals surface area contributed by atoms with Gasteiger partial charge < -0.3 is 15.2 Å². The number of nitrogens with one attached hydrogen (secondary N) is 1. The van der Waals surface area contributed by atoms with Gasteiger partial charge in [0.15, 0.2) is 0 Å². The van der Waals surface area contributed by atoms with E-state index in [1.165, 1.54) is 0 Å². The van der Waals surface area contributed by atoms with Gasteiger partial charge >= 0.3 is 0 Å². The molecule has 0 radical (unpaired) electrons. The lowest BCUT2D eigenvalue weighted by molar-refractivity contribution is -0.116. The highest BCUT2D eigenvalue weighted by Gasteiger charge is 2.04. The Balaban J connectivity index is 1.89. The van der Waals surface area contributed by atoms with E-state index in [0.29, 0.717) is 18.5 Å². The van der Waals surface area contributed by atoms with E-state index in [2.05, 4.69) is 5.32 Å². The number of methoxy groups -OCH3 is 1. The van der Waals surface area contributed by atoms with Crippen molar-refractivity contribution in [1.29, 1.82) is 0 Å². The summed E-state index contributed by atoms with van der Waals surface area (Å²) in [4.78, 5) is 11.9. The maximum absolute atomic E-state index is 11.9. The number of hydrogen-bond donors (Lipinski definition) is 2. The van der Waals surface area contributed by atoms with Crippen LogP contribution < -0.4 is 10.1 Å². The number of rotatable bonds is 6. The summed E-state index contributed by atoms with van der Waals surface area (Å²) in [5.74, 6) is 0.747. The highest BCUT2D eigenvalue weighted by Crippen LogP contribution is 2.15. The van der Waals surface area contributed by atoms with Gasteiger partial charge in [-0.05, 0) is 41.8 Å². The predicted octanol–water partition coefficient (Wildman–Crippen LogP) is 2.76. The van der Waals surface area contributed by atoms with E-state index in [1.54, 1.807) is 13.2 Å². The van der Waals surface area contributed by atoms with Crippen LogP contribution in [0.25, 0.3) is 0 Å². The summed E-state index contributed by atoms with van der Waals surface area (Å²) in [6.07, 6.45) is 1.05. The summed E-state index contributed by atoms with van der Waals surface area (Å²) in [5.41, 5.74) is 2.55. The zero-order valence-corrected chi connectivity index (χ0v) is 12.0. The van der Waals surface area contributed by atoms with Gasteiger partial charge in [-0.25, -0.2) is 0 Å². The van der Waals surface area contributed by atoms with Crippen LogP contribution in [0, 0.1) is 0 Å². The average molecular weight is 285 g/mol. The fourth-order valence-electron chi connectivity index (χ4n) is 2.06. The zero-order valence-electron chi connectivity index (χ0n) is 12.0. The van der Waals surface area contributed by atoms with E-state index in [-0.39, 0.29) is 12.5 Å². The second-order valence-corrected chi connectivity index (χ2v) is 4.76. The van der Waals surface area contributed by atoms with Crippen molar-refractivity contribution in [2.45, 2.75) is 19.4 Å². The minimum Gasteiger partial charge on any atom is -0.497 e. The molecule has 0 saturated carbocycles. The highest BCUT2D eigenvalue weighted by atomic mass is 16.5. The molecule has 2 aromatic carbocycles. The van der Waals surface area contributed by atoms with Crippen molar-refractivity contribution in [2.24, 2.45) is 0 Å². The number of benzene rings is 2. The monoisotopic (exact) mass is 285 g/mol. The largest absolute Gasteiger partial charge is 0.497 e. The van der Waals surface area contributed by atoms with Crippen LogP contribution in [0.2, 0.25) is 0 Å². The van der Waals surface area contributed by atoms with Crippen LogP contribution in [-0.2, 0) is 17.8 Å². The molecule has 0 spiro atoms. The second kappa shape index (κ2) is 7.45. The van der Waals surface area contributed by atoms with Crippen LogP contribution in [0.1, 0.15) is 17.5 Å². The number of aliphatic hydroxyl groups excluding tert-OH is 1. The van der Waals surface area contributed by atoms with Crippen LogP contribution in [0.3, 0.4) is 0 Å². The maximum Gasteiger partial charge on any atom is 0.224 e. The van der Waals surface area contributed by atoms with E-state index in [4.69, 9.17) is 9.84 Å². The van der Waals surface area contributed by atoms with Crippen molar-refractivity contribution >= 4 is 11.6 Å². The molecule has 0 fully saturated rings. The van der Waals surface area contributed by atoms with Crippen molar-refractivity contribution in [3.63, 3.8) is 0 Å². The number of amides is 1. The molecule has 21 heavy (non-hydrogen) atoms. The minimum absolute atomic E-state index is 0.0342. The summed E-state index contributed by atoms with van der Waals surface area (Å²) in [6, 6.07) is 14.9. The first-order valence-electron chi connectivity index (χ1n) is 6.84. The molecule has 2 aromatic rings. The summed E-state index contributed by atoms with van der Waals surface area (Å²) in [7, 11) is 1.62. The van der Waals surface area contributed by atoms with E-state index in [0.717, 1.165) is 16.9 Å². The fourth-order valence-corrected chi connectivity index (χ4v) is 2.06. The molecule has 2 rings (SSSR count). The predicted molar refractivity (Wildman–Crippen MR) is 82.3 cm³/mol. The molecule has 0 bridgehead atoms. The van der Waals surface area contributed by atoms with Crippen molar-refractivity contribution in [2.75, 3.05) is 12.4 Å². The van der Waals surface area contributed by atoms with Crippen molar-refractivity contribution in [1.82, 2.24) is 0 Å². The quantitative estimate of drug-likeness (QED) is 0.858. The van der Waals surface area contributed by atoms with Gasteiger partial charge in [0, 0.05) is 12.1 Å². The normalized spacial score (nSPS) is 10.2. The first-order valence-corrected chi connectivity index (χ1v) is 6.84. The highest BCUT2D eigenvalue weighted by molar-refractivity contribution is 5.90. The van der Waals surface area contributed by atoms with Gasteiger partial charge in [0.05, 0.1) is 13.7 Å². The Morgan fingerprint density at radius 2 is 1.90 bits per heavy atom. The van der Waals surface area contributed by atoms with E-state index >= 15 is 0 Å². The van der Waals surface area contributed by atoms with Crippen molar-refractivity contribution in [3.05, 3.63) is 59.7 Å². The zero-order chi connectivity index (χ0) is 15.1. The van der Waals surface area contributed by atoms with Gasteiger partial charge in [0.2, 0.25) is 5.91 Å². The molecule has 110 valence electrons. The lowest BCUT2D eigenvalue weighted by atomic mass is 10.1. The Labute approximate surface area is 124 Å². The molecule has 4 nitrogen and oxygen atoms in total. The van der Waals surface area contributed by atoms with Gasteiger partial charge in [-0.15, -0.1) is 0 Å². The number of ether oxygens (including phenoxy) is 1. The van der Waals surface area contributed by atoms with Crippen LogP contribution in [0.15, 0.2) is 48.5 Å². The molecule has 0 unspecified atom stereocenters. The number of hydrogen-bond acceptors (Lipinski definition) is 3. The smallest absolute Gasteiger partial charge is 0.224 e. The van der Waals surface area contributed by atoms with Gasteiger partial charge in [-0.2, -0.15) is 0 Å². The fraction of sp³-hybridized carbons (Fsp3) is 0.235. The third kappa shape index (κ3) is 4.61. The van der Waals surface area contributed by atoms with Gasteiger partial charge in [-0.1, -0.05) is 24.3 Å². The molecule has 4 heteroatoms. The molecule has 0 aliphatic heterocycles. The minimum atomic E-state index is -0.0482. The Morgan fingerprint density at radius 1 is 1.14 bits per heavy atom. The van der Waals surface area contributed by atoms with E-state index in [1.807, 2.05) is 42.5 Å². The Bertz CT molecular complexity index is 610.